The molecular formula is C13H17BrN4O. The van der Waals surface area contributed by atoms with E-state index < -0.39 is 0 Å². The van der Waals surface area contributed by atoms with Gasteiger partial charge in [-0.2, -0.15) is 0 Å². The number of halogens is 1. The van der Waals surface area contributed by atoms with E-state index >= 15 is 0 Å². The summed E-state index contributed by atoms with van der Waals surface area (Å²) in [5.74, 6) is 1.62. The zero-order chi connectivity index (χ0) is 13.7. The molecule has 2 aromatic rings. The minimum absolute atomic E-state index is 0.669. The number of furan rings is 1. The molecule has 0 spiro atoms. The lowest BCUT2D eigenvalue weighted by molar-refractivity contribution is 0.406. The standard InChI is InChI=1S/C13H17BrN4O/c1-17(2)5-6-18(10-12-4-3-7-19-12)13-15-8-11(14)9-16-13/h3-4,7-9H,5-6,10H2,1-2H3. The first-order chi connectivity index (χ1) is 9.15. The van der Waals surface area contributed by atoms with Crippen molar-refractivity contribution in [3.05, 3.63) is 41.0 Å². The molecule has 2 heterocycles. The van der Waals surface area contributed by atoms with Crippen LogP contribution < -0.4 is 4.90 Å². The van der Waals surface area contributed by atoms with Crippen LogP contribution in [0.5, 0.6) is 0 Å². The highest BCUT2D eigenvalue weighted by molar-refractivity contribution is 9.10. The highest BCUT2D eigenvalue weighted by Crippen LogP contribution is 2.14. The van der Waals surface area contributed by atoms with E-state index in [1.54, 1.807) is 18.7 Å². The number of rotatable bonds is 6. The summed E-state index contributed by atoms with van der Waals surface area (Å²) in [6.07, 6.45) is 5.20. The topological polar surface area (TPSA) is 45.4 Å². The summed E-state index contributed by atoms with van der Waals surface area (Å²) in [7, 11) is 4.10. The fourth-order valence-corrected chi connectivity index (χ4v) is 1.83. The van der Waals surface area contributed by atoms with Crippen LogP contribution in [-0.2, 0) is 6.54 Å². The van der Waals surface area contributed by atoms with Crippen molar-refractivity contribution in [2.75, 3.05) is 32.1 Å². The molecular weight excluding hydrogens is 308 g/mol. The number of hydrogen-bond donors (Lipinski definition) is 0. The first kappa shape index (κ1) is 14.0. The molecule has 19 heavy (non-hydrogen) atoms. The van der Waals surface area contributed by atoms with Crippen molar-refractivity contribution < 1.29 is 4.42 Å². The summed E-state index contributed by atoms with van der Waals surface area (Å²) in [6.45, 7) is 2.44. The van der Waals surface area contributed by atoms with Gasteiger partial charge in [-0.05, 0) is 42.2 Å². The van der Waals surface area contributed by atoms with Crippen molar-refractivity contribution in [1.82, 2.24) is 14.9 Å². The molecule has 5 nitrogen and oxygen atoms in total. The van der Waals surface area contributed by atoms with Crippen molar-refractivity contribution in [3.63, 3.8) is 0 Å². The van der Waals surface area contributed by atoms with Crippen molar-refractivity contribution in [2.45, 2.75) is 6.54 Å². The maximum absolute atomic E-state index is 5.40. The fourth-order valence-electron chi connectivity index (χ4n) is 1.63. The largest absolute Gasteiger partial charge is 0.467 e. The maximum Gasteiger partial charge on any atom is 0.225 e. The molecule has 0 fully saturated rings. The Labute approximate surface area is 121 Å². The summed E-state index contributed by atoms with van der Waals surface area (Å²) < 4.78 is 6.27. The summed E-state index contributed by atoms with van der Waals surface area (Å²) in [5.41, 5.74) is 0. The average molecular weight is 325 g/mol. The lowest BCUT2D eigenvalue weighted by Gasteiger charge is -2.23. The van der Waals surface area contributed by atoms with Crippen LogP contribution >= 0.6 is 15.9 Å². The first-order valence-corrected chi connectivity index (χ1v) is 6.84. The zero-order valence-corrected chi connectivity index (χ0v) is 12.7. The SMILES string of the molecule is CN(C)CCN(Cc1ccco1)c1ncc(Br)cn1. The first-order valence-electron chi connectivity index (χ1n) is 6.05. The van der Waals surface area contributed by atoms with Gasteiger partial charge >= 0.3 is 0 Å². The molecule has 0 saturated heterocycles. The van der Waals surface area contributed by atoms with Gasteiger partial charge in [0.25, 0.3) is 0 Å². The Hall–Kier alpha value is -1.40. The van der Waals surface area contributed by atoms with E-state index in [1.807, 2.05) is 26.2 Å². The summed E-state index contributed by atoms with van der Waals surface area (Å²) in [6, 6.07) is 3.85. The quantitative estimate of drug-likeness (QED) is 0.816. The minimum atomic E-state index is 0.669. The van der Waals surface area contributed by atoms with Gasteiger partial charge in [0.1, 0.15) is 5.76 Å². The van der Waals surface area contributed by atoms with Gasteiger partial charge in [-0.15, -0.1) is 0 Å². The molecule has 0 saturated carbocycles. The summed E-state index contributed by atoms with van der Waals surface area (Å²) in [4.78, 5) is 12.9. The Morgan fingerprint density at radius 3 is 2.53 bits per heavy atom. The Kier molecular flexibility index (Phi) is 4.93. The monoisotopic (exact) mass is 324 g/mol. The van der Waals surface area contributed by atoms with Crippen LogP contribution in [0.15, 0.2) is 39.7 Å². The van der Waals surface area contributed by atoms with Crippen molar-refractivity contribution in [2.24, 2.45) is 0 Å². The van der Waals surface area contributed by atoms with E-state index in [0.717, 1.165) is 23.3 Å². The van der Waals surface area contributed by atoms with Crippen LogP contribution in [0.1, 0.15) is 5.76 Å². The molecule has 0 aliphatic carbocycles. The highest BCUT2D eigenvalue weighted by Gasteiger charge is 2.12. The van der Waals surface area contributed by atoms with E-state index in [1.165, 1.54) is 0 Å². The molecule has 0 radical (unpaired) electrons. The van der Waals surface area contributed by atoms with E-state index in [-0.39, 0.29) is 0 Å². The average Bonchev–Trinajstić information content (AvgIpc) is 2.88. The Morgan fingerprint density at radius 1 is 1.21 bits per heavy atom. The van der Waals surface area contributed by atoms with E-state index in [4.69, 9.17) is 4.42 Å². The molecule has 0 aliphatic rings. The normalized spacial score (nSPS) is 10.9. The van der Waals surface area contributed by atoms with Gasteiger partial charge in [-0.3, -0.25) is 0 Å². The lowest BCUT2D eigenvalue weighted by atomic mass is 10.4. The Balaban J connectivity index is 2.11. The van der Waals surface area contributed by atoms with Gasteiger partial charge in [0.2, 0.25) is 5.95 Å². The molecule has 6 heteroatoms. The van der Waals surface area contributed by atoms with Crippen LogP contribution in [0.4, 0.5) is 5.95 Å². The molecule has 0 amide bonds. The third kappa shape index (κ3) is 4.33. The molecule has 0 N–H and O–H groups in total. The van der Waals surface area contributed by atoms with Crippen LogP contribution in [0.3, 0.4) is 0 Å². The third-order valence-electron chi connectivity index (χ3n) is 2.63. The van der Waals surface area contributed by atoms with E-state index in [2.05, 4.69) is 35.7 Å². The number of aromatic nitrogens is 2. The van der Waals surface area contributed by atoms with Gasteiger partial charge in [0.05, 0.1) is 17.3 Å². The van der Waals surface area contributed by atoms with Gasteiger partial charge in [-0.1, -0.05) is 0 Å². The van der Waals surface area contributed by atoms with Crippen LogP contribution in [0.2, 0.25) is 0 Å². The molecule has 0 aromatic carbocycles. The van der Waals surface area contributed by atoms with Gasteiger partial charge in [0.15, 0.2) is 0 Å². The van der Waals surface area contributed by atoms with Gasteiger partial charge < -0.3 is 14.2 Å². The summed E-state index contributed by atoms with van der Waals surface area (Å²) in [5, 5.41) is 0. The van der Waals surface area contributed by atoms with Crippen LogP contribution in [0.25, 0.3) is 0 Å². The maximum atomic E-state index is 5.40. The van der Waals surface area contributed by atoms with Crippen molar-refractivity contribution in [3.8, 4) is 0 Å². The third-order valence-corrected chi connectivity index (χ3v) is 3.04. The molecule has 102 valence electrons. The second-order valence-electron chi connectivity index (χ2n) is 4.51. The number of nitrogens with zero attached hydrogens (tertiary/aromatic N) is 4. The second kappa shape index (κ2) is 6.68. The lowest BCUT2D eigenvalue weighted by Crippen LogP contribution is -2.32. The minimum Gasteiger partial charge on any atom is -0.467 e. The molecule has 0 bridgehead atoms. The van der Waals surface area contributed by atoms with Gasteiger partial charge in [0, 0.05) is 25.5 Å². The predicted molar refractivity (Wildman–Crippen MR) is 78.0 cm³/mol. The van der Waals surface area contributed by atoms with Crippen LogP contribution in [0, 0.1) is 0 Å². The summed E-state index contributed by atoms with van der Waals surface area (Å²) >= 11 is 3.35. The Morgan fingerprint density at radius 2 is 1.95 bits per heavy atom. The molecule has 0 aliphatic heterocycles. The van der Waals surface area contributed by atoms with E-state index in [9.17, 15) is 0 Å². The second-order valence-corrected chi connectivity index (χ2v) is 5.42. The van der Waals surface area contributed by atoms with E-state index in [0.29, 0.717) is 12.5 Å². The van der Waals surface area contributed by atoms with Crippen molar-refractivity contribution >= 4 is 21.9 Å². The molecule has 2 aromatic heterocycles. The van der Waals surface area contributed by atoms with Gasteiger partial charge in [-0.25, -0.2) is 9.97 Å². The molecule has 2 rings (SSSR count). The predicted octanol–water partition coefficient (Wildman–Crippen LogP) is 2.40. The van der Waals surface area contributed by atoms with Crippen molar-refractivity contribution in [1.29, 1.82) is 0 Å². The number of hydrogen-bond acceptors (Lipinski definition) is 5. The van der Waals surface area contributed by atoms with Crippen LogP contribution in [-0.4, -0.2) is 42.1 Å². The molecule has 0 atom stereocenters. The smallest absolute Gasteiger partial charge is 0.225 e. The molecule has 0 unspecified atom stereocenters. The number of likely N-dealkylation sites (N-methyl/N-ethyl adjacent to an activating group) is 1. The Bertz CT molecular complexity index is 484. The fraction of sp³-hybridized carbons (Fsp3) is 0.385. The highest BCUT2D eigenvalue weighted by atomic mass is 79.9. The zero-order valence-electron chi connectivity index (χ0n) is 11.1. The number of anilines is 1.